The molecule has 3 rings (SSSR count). The molecule has 0 unspecified atom stereocenters. The van der Waals surface area contributed by atoms with E-state index in [1.807, 2.05) is 20.8 Å². The molecule has 1 aliphatic carbocycles. The van der Waals surface area contributed by atoms with Crippen LogP contribution in [0.5, 0.6) is 0 Å². The molecule has 0 atom stereocenters. The summed E-state index contributed by atoms with van der Waals surface area (Å²) in [5.74, 6) is 0.275. The molecule has 1 fully saturated rings. The molecule has 1 N–H and O–H groups in total. The van der Waals surface area contributed by atoms with Crippen LogP contribution < -0.4 is 5.32 Å². The molecule has 28 heavy (non-hydrogen) atoms. The van der Waals surface area contributed by atoms with Gasteiger partial charge in [0, 0.05) is 31.2 Å². The zero-order valence-corrected chi connectivity index (χ0v) is 17.0. The molecule has 0 aliphatic heterocycles. The van der Waals surface area contributed by atoms with E-state index in [1.54, 1.807) is 36.5 Å². The number of nitrogens with one attached hydrogen (secondary N) is 1. The number of methoxy groups -OCH3 is 1. The summed E-state index contributed by atoms with van der Waals surface area (Å²) >= 11 is 0. The average Bonchev–Trinajstić information content (AvgIpc) is 3.22. The van der Waals surface area contributed by atoms with Gasteiger partial charge in [-0.2, -0.15) is 0 Å². The van der Waals surface area contributed by atoms with Crippen LogP contribution in [0.3, 0.4) is 0 Å². The molecule has 0 saturated heterocycles. The fourth-order valence-corrected chi connectivity index (χ4v) is 3.17. The molecule has 0 spiro atoms. The number of nitrogens with zero attached hydrogens (tertiary/aromatic N) is 4. The highest BCUT2D eigenvalue weighted by Crippen LogP contribution is 2.23. The second kappa shape index (κ2) is 8.79. The Balaban J connectivity index is 1.54. The lowest BCUT2D eigenvalue weighted by Gasteiger charge is -2.31. The van der Waals surface area contributed by atoms with E-state index in [4.69, 9.17) is 9.47 Å². The van der Waals surface area contributed by atoms with Crippen LogP contribution >= 0.6 is 0 Å². The first kappa shape index (κ1) is 20.4. The molecule has 152 valence electrons. The van der Waals surface area contributed by atoms with Crippen LogP contribution in [-0.2, 0) is 9.47 Å². The van der Waals surface area contributed by atoms with E-state index in [0.29, 0.717) is 18.2 Å². The first-order chi connectivity index (χ1) is 13.4. The molecular weight excluding hydrogens is 358 g/mol. The van der Waals surface area contributed by atoms with Gasteiger partial charge in [-0.25, -0.2) is 15.0 Å². The number of hydrogen-bond donors (Lipinski definition) is 1. The van der Waals surface area contributed by atoms with E-state index in [2.05, 4.69) is 20.3 Å². The van der Waals surface area contributed by atoms with E-state index in [9.17, 15) is 4.79 Å². The summed E-state index contributed by atoms with van der Waals surface area (Å²) in [6.45, 7) is 6.45. The molecule has 1 aliphatic rings. The Kier molecular flexibility index (Phi) is 6.41. The molecule has 0 aromatic carbocycles. The predicted octanol–water partition coefficient (Wildman–Crippen LogP) is 2.45. The van der Waals surface area contributed by atoms with Crippen LogP contribution in [0.2, 0.25) is 0 Å². The standard InChI is InChI=1S/C20H29N5O3/c1-14-11-17(24-19(22-14)25-10-9-21-13-25)18(26)23-15-5-7-16(8-6-15)28-12-20(2,3)27-4/h9-11,13,15-16H,5-8,12H2,1-4H3,(H,23,26). The van der Waals surface area contributed by atoms with Crippen molar-refractivity contribution in [2.24, 2.45) is 0 Å². The summed E-state index contributed by atoms with van der Waals surface area (Å²) < 4.78 is 13.1. The molecule has 1 amide bonds. The molecule has 8 heteroatoms. The molecule has 2 aromatic rings. The minimum Gasteiger partial charge on any atom is -0.376 e. The van der Waals surface area contributed by atoms with Gasteiger partial charge in [-0.1, -0.05) is 0 Å². The van der Waals surface area contributed by atoms with Crippen molar-refractivity contribution in [2.75, 3.05) is 13.7 Å². The molecule has 8 nitrogen and oxygen atoms in total. The number of imidazole rings is 1. The van der Waals surface area contributed by atoms with Gasteiger partial charge in [0.25, 0.3) is 5.91 Å². The number of ether oxygens (including phenoxy) is 2. The molecular formula is C20H29N5O3. The smallest absolute Gasteiger partial charge is 0.270 e. The number of carbonyl (C=O) groups is 1. The highest BCUT2D eigenvalue weighted by atomic mass is 16.5. The van der Waals surface area contributed by atoms with Gasteiger partial charge >= 0.3 is 0 Å². The van der Waals surface area contributed by atoms with E-state index >= 15 is 0 Å². The van der Waals surface area contributed by atoms with Gasteiger partial charge in [0.1, 0.15) is 12.0 Å². The Bertz CT molecular complexity index is 783. The van der Waals surface area contributed by atoms with Crippen molar-refractivity contribution in [3.8, 4) is 5.95 Å². The van der Waals surface area contributed by atoms with Gasteiger partial charge in [0.05, 0.1) is 18.3 Å². The lowest BCUT2D eigenvalue weighted by molar-refractivity contribution is -0.0833. The first-order valence-electron chi connectivity index (χ1n) is 9.68. The van der Waals surface area contributed by atoms with Crippen molar-refractivity contribution in [1.82, 2.24) is 24.8 Å². The van der Waals surface area contributed by atoms with Crippen molar-refractivity contribution >= 4 is 5.91 Å². The van der Waals surface area contributed by atoms with Crippen molar-refractivity contribution in [3.63, 3.8) is 0 Å². The Morgan fingerprint density at radius 1 is 1.29 bits per heavy atom. The van der Waals surface area contributed by atoms with E-state index in [-0.39, 0.29) is 23.7 Å². The Morgan fingerprint density at radius 3 is 2.68 bits per heavy atom. The van der Waals surface area contributed by atoms with Crippen LogP contribution in [0.4, 0.5) is 0 Å². The zero-order valence-electron chi connectivity index (χ0n) is 17.0. The van der Waals surface area contributed by atoms with E-state index < -0.39 is 0 Å². The van der Waals surface area contributed by atoms with Gasteiger partial charge in [0.2, 0.25) is 5.95 Å². The molecule has 2 heterocycles. The van der Waals surface area contributed by atoms with Crippen LogP contribution in [-0.4, -0.2) is 56.9 Å². The summed E-state index contributed by atoms with van der Waals surface area (Å²) in [5.41, 5.74) is 0.834. The van der Waals surface area contributed by atoms with Crippen LogP contribution in [0, 0.1) is 6.92 Å². The van der Waals surface area contributed by atoms with Crippen LogP contribution in [0.25, 0.3) is 5.95 Å². The number of hydrogen-bond acceptors (Lipinski definition) is 6. The Hall–Kier alpha value is -2.32. The summed E-state index contributed by atoms with van der Waals surface area (Å²) in [6.07, 6.45) is 8.87. The van der Waals surface area contributed by atoms with Gasteiger partial charge in [0.15, 0.2) is 0 Å². The quantitative estimate of drug-likeness (QED) is 0.785. The largest absolute Gasteiger partial charge is 0.376 e. The SMILES string of the molecule is COC(C)(C)COC1CCC(NC(=O)c2cc(C)nc(-n3ccnc3)n2)CC1. The predicted molar refractivity (Wildman–Crippen MR) is 104 cm³/mol. The Morgan fingerprint density at radius 2 is 2.04 bits per heavy atom. The third kappa shape index (κ3) is 5.36. The maximum absolute atomic E-state index is 12.7. The maximum Gasteiger partial charge on any atom is 0.270 e. The second-order valence-corrected chi connectivity index (χ2v) is 7.89. The summed E-state index contributed by atoms with van der Waals surface area (Å²) in [5, 5.41) is 3.10. The highest BCUT2D eigenvalue weighted by molar-refractivity contribution is 5.92. The third-order valence-electron chi connectivity index (χ3n) is 5.04. The fraction of sp³-hybridized carbons (Fsp3) is 0.600. The fourth-order valence-electron chi connectivity index (χ4n) is 3.17. The molecule has 0 radical (unpaired) electrons. The summed E-state index contributed by atoms with van der Waals surface area (Å²) in [4.78, 5) is 25.4. The maximum atomic E-state index is 12.7. The molecule has 2 aromatic heterocycles. The van der Waals surface area contributed by atoms with Gasteiger partial charge in [-0.05, 0) is 52.5 Å². The minimum atomic E-state index is -0.275. The number of amides is 1. The average molecular weight is 387 g/mol. The van der Waals surface area contributed by atoms with Crippen molar-refractivity contribution < 1.29 is 14.3 Å². The van der Waals surface area contributed by atoms with E-state index in [1.165, 1.54) is 0 Å². The monoisotopic (exact) mass is 387 g/mol. The molecule has 0 bridgehead atoms. The topological polar surface area (TPSA) is 91.2 Å². The zero-order chi connectivity index (χ0) is 20.1. The van der Waals surface area contributed by atoms with Gasteiger partial charge in [-0.15, -0.1) is 0 Å². The normalized spacial score (nSPS) is 20.1. The lowest BCUT2D eigenvalue weighted by atomic mass is 9.92. The van der Waals surface area contributed by atoms with Gasteiger partial charge in [-0.3, -0.25) is 9.36 Å². The molecule has 1 saturated carbocycles. The number of carbonyl (C=O) groups excluding carboxylic acids is 1. The number of aryl methyl sites for hydroxylation is 1. The second-order valence-electron chi connectivity index (χ2n) is 7.89. The van der Waals surface area contributed by atoms with Crippen molar-refractivity contribution in [1.29, 1.82) is 0 Å². The van der Waals surface area contributed by atoms with Crippen molar-refractivity contribution in [3.05, 3.63) is 36.2 Å². The van der Waals surface area contributed by atoms with Crippen molar-refractivity contribution in [2.45, 2.75) is 64.2 Å². The van der Waals surface area contributed by atoms with E-state index in [0.717, 1.165) is 31.4 Å². The summed E-state index contributed by atoms with van der Waals surface area (Å²) in [7, 11) is 1.70. The summed E-state index contributed by atoms with van der Waals surface area (Å²) in [6, 6.07) is 1.84. The lowest BCUT2D eigenvalue weighted by Crippen LogP contribution is -2.40. The highest BCUT2D eigenvalue weighted by Gasteiger charge is 2.26. The number of aromatic nitrogens is 4. The van der Waals surface area contributed by atoms with Gasteiger partial charge < -0.3 is 14.8 Å². The first-order valence-corrected chi connectivity index (χ1v) is 9.68. The van der Waals surface area contributed by atoms with Crippen LogP contribution in [0.15, 0.2) is 24.8 Å². The third-order valence-corrected chi connectivity index (χ3v) is 5.04. The number of rotatable bonds is 7. The van der Waals surface area contributed by atoms with Crippen LogP contribution in [0.1, 0.15) is 55.7 Å². The Labute approximate surface area is 165 Å². The minimum absolute atomic E-state index is 0.134.